The summed E-state index contributed by atoms with van der Waals surface area (Å²) in [4.78, 5) is 4.31. The zero-order valence-electron chi connectivity index (χ0n) is 8.17. The molecule has 0 aliphatic heterocycles. The van der Waals surface area contributed by atoms with Gasteiger partial charge in [0.05, 0.1) is 10.7 Å². The Morgan fingerprint density at radius 2 is 1.93 bits per heavy atom. The standard InChI is InChI=1S/C12H9Cl2N/c1-8-3-2-6-15-12(8)10-7-9(13)4-5-11(10)14/h2-7H,1H3. The van der Waals surface area contributed by atoms with Crippen molar-refractivity contribution in [3.05, 3.63) is 52.1 Å². The largest absolute Gasteiger partial charge is 0.256 e. The van der Waals surface area contributed by atoms with Crippen LogP contribution in [0.15, 0.2) is 36.5 Å². The Morgan fingerprint density at radius 1 is 1.13 bits per heavy atom. The summed E-state index contributed by atoms with van der Waals surface area (Å²) in [6.07, 6.45) is 1.75. The molecule has 2 rings (SSSR count). The van der Waals surface area contributed by atoms with Gasteiger partial charge in [-0.25, -0.2) is 0 Å². The van der Waals surface area contributed by atoms with Gasteiger partial charge < -0.3 is 0 Å². The Labute approximate surface area is 98.7 Å². The van der Waals surface area contributed by atoms with Crippen LogP contribution < -0.4 is 0 Å². The summed E-state index contributed by atoms with van der Waals surface area (Å²) in [6, 6.07) is 9.29. The van der Waals surface area contributed by atoms with Gasteiger partial charge in [-0.2, -0.15) is 0 Å². The van der Waals surface area contributed by atoms with Gasteiger partial charge in [0.2, 0.25) is 0 Å². The zero-order chi connectivity index (χ0) is 10.8. The smallest absolute Gasteiger partial charge is 0.0746 e. The molecule has 0 amide bonds. The third-order valence-electron chi connectivity index (χ3n) is 2.19. The number of hydrogen-bond donors (Lipinski definition) is 0. The fraction of sp³-hybridized carbons (Fsp3) is 0.0833. The average molecular weight is 238 g/mol. The molecule has 0 bridgehead atoms. The Kier molecular flexibility index (Phi) is 2.94. The molecule has 0 saturated carbocycles. The Bertz CT molecular complexity index is 495. The van der Waals surface area contributed by atoms with Crippen LogP contribution >= 0.6 is 23.2 Å². The molecule has 2 aromatic rings. The number of pyridine rings is 1. The summed E-state index contributed by atoms with van der Waals surface area (Å²) in [5.41, 5.74) is 2.84. The number of aryl methyl sites for hydroxylation is 1. The lowest BCUT2D eigenvalue weighted by Gasteiger charge is -2.06. The molecule has 0 N–H and O–H groups in total. The average Bonchev–Trinajstić information content (AvgIpc) is 2.23. The van der Waals surface area contributed by atoms with Crippen LogP contribution in [0.3, 0.4) is 0 Å². The first-order valence-corrected chi connectivity index (χ1v) is 5.31. The van der Waals surface area contributed by atoms with Crippen LogP contribution in [0.5, 0.6) is 0 Å². The molecule has 0 spiro atoms. The molecule has 1 heterocycles. The highest BCUT2D eigenvalue weighted by molar-refractivity contribution is 6.35. The van der Waals surface area contributed by atoms with E-state index in [-0.39, 0.29) is 0 Å². The van der Waals surface area contributed by atoms with Gasteiger partial charge in [-0.15, -0.1) is 0 Å². The van der Waals surface area contributed by atoms with Crippen LogP contribution in [0.2, 0.25) is 10.0 Å². The highest BCUT2D eigenvalue weighted by Gasteiger charge is 2.07. The van der Waals surface area contributed by atoms with Gasteiger partial charge in [-0.05, 0) is 36.8 Å². The minimum atomic E-state index is 0.666. The minimum Gasteiger partial charge on any atom is -0.256 e. The quantitative estimate of drug-likeness (QED) is 0.719. The predicted molar refractivity (Wildman–Crippen MR) is 64.4 cm³/mol. The van der Waals surface area contributed by atoms with E-state index in [2.05, 4.69) is 4.98 Å². The molecule has 1 nitrogen and oxygen atoms in total. The monoisotopic (exact) mass is 237 g/mol. The summed E-state index contributed by atoms with van der Waals surface area (Å²) in [5, 5.41) is 1.33. The fourth-order valence-corrected chi connectivity index (χ4v) is 1.83. The lowest BCUT2D eigenvalue weighted by atomic mass is 10.1. The van der Waals surface area contributed by atoms with Crippen molar-refractivity contribution >= 4 is 23.2 Å². The molecular weight excluding hydrogens is 229 g/mol. The van der Waals surface area contributed by atoms with E-state index in [1.807, 2.05) is 25.1 Å². The molecule has 0 aliphatic rings. The van der Waals surface area contributed by atoms with Crippen LogP contribution in [0.25, 0.3) is 11.3 Å². The Balaban J connectivity index is 2.64. The summed E-state index contributed by atoms with van der Waals surface area (Å²) in [6.45, 7) is 2.00. The zero-order valence-corrected chi connectivity index (χ0v) is 9.68. The predicted octanol–water partition coefficient (Wildman–Crippen LogP) is 4.36. The van der Waals surface area contributed by atoms with Crippen molar-refractivity contribution in [3.63, 3.8) is 0 Å². The molecule has 3 heteroatoms. The first kappa shape index (κ1) is 10.5. The molecule has 1 aromatic heterocycles. The van der Waals surface area contributed by atoms with Crippen LogP contribution in [-0.4, -0.2) is 4.98 Å². The van der Waals surface area contributed by atoms with Crippen molar-refractivity contribution in [2.75, 3.05) is 0 Å². The fourth-order valence-electron chi connectivity index (χ4n) is 1.45. The Hall–Kier alpha value is -1.05. The van der Waals surface area contributed by atoms with Crippen LogP contribution in [-0.2, 0) is 0 Å². The van der Waals surface area contributed by atoms with Gasteiger partial charge in [0, 0.05) is 16.8 Å². The van der Waals surface area contributed by atoms with Crippen molar-refractivity contribution in [3.8, 4) is 11.3 Å². The molecule has 0 radical (unpaired) electrons. The van der Waals surface area contributed by atoms with E-state index in [1.165, 1.54) is 0 Å². The van der Waals surface area contributed by atoms with Gasteiger partial charge in [0.15, 0.2) is 0 Å². The number of aromatic nitrogens is 1. The summed E-state index contributed by atoms with van der Waals surface area (Å²) < 4.78 is 0. The second-order valence-electron chi connectivity index (χ2n) is 3.29. The van der Waals surface area contributed by atoms with E-state index < -0.39 is 0 Å². The van der Waals surface area contributed by atoms with Gasteiger partial charge in [0.1, 0.15) is 0 Å². The van der Waals surface area contributed by atoms with E-state index in [1.54, 1.807) is 18.3 Å². The van der Waals surface area contributed by atoms with E-state index in [4.69, 9.17) is 23.2 Å². The maximum atomic E-state index is 6.10. The van der Waals surface area contributed by atoms with Crippen LogP contribution in [0.1, 0.15) is 5.56 Å². The van der Waals surface area contributed by atoms with Gasteiger partial charge in [-0.1, -0.05) is 29.3 Å². The molecule has 15 heavy (non-hydrogen) atoms. The number of rotatable bonds is 1. The van der Waals surface area contributed by atoms with Crippen molar-refractivity contribution in [2.24, 2.45) is 0 Å². The van der Waals surface area contributed by atoms with E-state index in [9.17, 15) is 0 Å². The summed E-state index contributed by atoms with van der Waals surface area (Å²) in [7, 11) is 0. The summed E-state index contributed by atoms with van der Waals surface area (Å²) in [5.74, 6) is 0. The van der Waals surface area contributed by atoms with Crippen molar-refractivity contribution in [1.29, 1.82) is 0 Å². The van der Waals surface area contributed by atoms with E-state index in [0.717, 1.165) is 16.8 Å². The lowest BCUT2D eigenvalue weighted by Crippen LogP contribution is -1.88. The third kappa shape index (κ3) is 2.14. The second-order valence-corrected chi connectivity index (χ2v) is 4.14. The summed E-state index contributed by atoms with van der Waals surface area (Å²) >= 11 is 12.0. The lowest BCUT2D eigenvalue weighted by molar-refractivity contribution is 1.27. The van der Waals surface area contributed by atoms with Crippen LogP contribution in [0.4, 0.5) is 0 Å². The van der Waals surface area contributed by atoms with Gasteiger partial charge >= 0.3 is 0 Å². The maximum Gasteiger partial charge on any atom is 0.0746 e. The normalized spacial score (nSPS) is 10.3. The number of benzene rings is 1. The Morgan fingerprint density at radius 3 is 2.67 bits per heavy atom. The molecule has 0 aliphatic carbocycles. The van der Waals surface area contributed by atoms with Crippen molar-refractivity contribution in [1.82, 2.24) is 4.98 Å². The molecule has 76 valence electrons. The number of nitrogens with zero attached hydrogens (tertiary/aromatic N) is 1. The van der Waals surface area contributed by atoms with E-state index >= 15 is 0 Å². The topological polar surface area (TPSA) is 12.9 Å². The number of halogens is 2. The molecule has 0 unspecified atom stereocenters. The van der Waals surface area contributed by atoms with Crippen LogP contribution in [0, 0.1) is 6.92 Å². The van der Waals surface area contributed by atoms with Gasteiger partial charge in [0.25, 0.3) is 0 Å². The van der Waals surface area contributed by atoms with Crippen molar-refractivity contribution < 1.29 is 0 Å². The minimum absolute atomic E-state index is 0.666. The maximum absolute atomic E-state index is 6.10. The van der Waals surface area contributed by atoms with E-state index in [0.29, 0.717) is 10.0 Å². The SMILES string of the molecule is Cc1cccnc1-c1cc(Cl)ccc1Cl. The molecular formula is C12H9Cl2N. The number of hydrogen-bond acceptors (Lipinski definition) is 1. The first-order chi connectivity index (χ1) is 7.18. The third-order valence-corrected chi connectivity index (χ3v) is 2.76. The molecule has 1 aromatic carbocycles. The van der Waals surface area contributed by atoms with Gasteiger partial charge in [-0.3, -0.25) is 4.98 Å². The first-order valence-electron chi connectivity index (χ1n) is 4.55. The molecule has 0 saturated heterocycles. The molecule has 0 fully saturated rings. The highest BCUT2D eigenvalue weighted by atomic mass is 35.5. The highest BCUT2D eigenvalue weighted by Crippen LogP contribution is 2.30. The second kappa shape index (κ2) is 4.21. The molecule has 0 atom stereocenters. The van der Waals surface area contributed by atoms with Crippen molar-refractivity contribution in [2.45, 2.75) is 6.92 Å².